The van der Waals surface area contributed by atoms with E-state index < -0.39 is 0 Å². The third-order valence-corrected chi connectivity index (χ3v) is 3.24. The molecule has 1 aromatic carbocycles. The van der Waals surface area contributed by atoms with Gasteiger partial charge in [-0.1, -0.05) is 6.07 Å². The van der Waals surface area contributed by atoms with Gasteiger partial charge in [-0.25, -0.2) is 9.97 Å². The lowest BCUT2D eigenvalue weighted by atomic mass is 9.99. The van der Waals surface area contributed by atoms with E-state index in [1.165, 1.54) is 0 Å². The Kier molecular flexibility index (Phi) is 3.13. The predicted octanol–water partition coefficient (Wildman–Crippen LogP) is 2.09. The first-order valence-electron chi connectivity index (χ1n) is 6.38. The van der Waals surface area contributed by atoms with E-state index in [0.29, 0.717) is 12.2 Å². The molecule has 0 unspecified atom stereocenters. The molecule has 0 atom stereocenters. The van der Waals surface area contributed by atoms with Gasteiger partial charge in [-0.3, -0.25) is 4.79 Å². The van der Waals surface area contributed by atoms with E-state index >= 15 is 0 Å². The molecule has 5 heteroatoms. The Morgan fingerprint density at radius 1 is 1.30 bits per heavy atom. The molecule has 1 amide bonds. The van der Waals surface area contributed by atoms with Crippen molar-refractivity contribution in [1.29, 1.82) is 5.26 Å². The van der Waals surface area contributed by atoms with Crippen molar-refractivity contribution < 1.29 is 4.79 Å². The standard InChI is InChI=1S/C15H12N4O/c16-7-5-14-17-8-6-13(18-14)10-1-3-12-11(9-10)2-4-15(20)19-12/h1,3,6,8-9H,2,4-5H2,(H,19,20). The molecule has 2 aromatic rings. The van der Waals surface area contributed by atoms with Crippen LogP contribution in [-0.2, 0) is 17.6 Å². The Bertz CT molecular complexity index is 718. The smallest absolute Gasteiger partial charge is 0.224 e. The van der Waals surface area contributed by atoms with Crippen LogP contribution in [0.5, 0.6) is 0 Å². The molecule has 1 aliphatic heterocycles. The zero-order chi connectivity index (χ0) is 13.9. The Balaban J connectivity index is 1.97. The van der Waals surface area contributed by atoms with Crippen molar-refractivity contribution in [2.45, 2.75) is 19.3 Å². The average Bonchev–Trinajstić information content (AvgIpc) is 2.47. The highest BCUT2D eigenvalue weighted by Gasteiger charge is 2.15. The number of aromatic nitrogens is 2. The van der Waals surface area contributed by atoms with E-state index in [0.717, 1.165) is 28.9 Å². The summed E-state index contributed by atoms with van der Waals surface area (Å²) in [4.78, 5) is 19.8. The maximum atomic E-state index is 11.3. The van der Waals surface area contributed by atoms with Crippen LogP contribution in [0.3, 0.4) is 0 Å². The van der Waals surface area contributed by atoms with Gasteiger partial charge in [0.2, 0.25) is 5.91 Å². The molecule has 0 aliphatic carbocycles. The van der Waals surface area contributed by atoms with Crippen molar-refractivity contribution in [3.05, 3.63) is 41.9 Å². The number of rotatable bonds is 2. The molecule has 1 aliphatic rings. The lowest BCUT2D eigenvalue weighted by molar-refractivity contribution is -0.116. The highest BCUT2D eigenvalue weighted by Crippen LogP contribution is 2.27. The van der Waals surface area contributed by atoms with Crippen LogP contribution < -0.4 is 5.32 Å². The third-order valence-electron chi connectivity index (χ3n) is 3.24. The van der Waals surface area contributed by atoms with Crippen LogP contribution in [0.25, 0.3) is 11.3 Å². The molecular weight excluding hydrogens is 252 g/mol. The third kappa shape index (κ3) is 2.36. The fourth-order valence-electron chi connectivity index (χ4n) is 2.26. The lowest BCUT2D eigenvalue weighted by Gasteiger charge is -2.17. The van der Waals surface area contributed by atoms with Crippen LogP contribution in [0.1, 0.15) is 17.8 Å². The molecule has 98 valence electrons. The number of aryl methyl sites for hydroxylation is 1. The van der Waals surface area contributed by atoms with Gasteiger partial charge in [0.1, 0.15) is 5.82 Å². The van der Waals surface area contributed by atoms with E-state index in [-0.39, 0.29) is 12.3 Å². The summed E-state index contributed by atoms with van der Waals surface area (Å²) in [5.41, 5.74) is 3.75. The lowest BCUT2D eigenvalue weighted by Crippen LogP contribution is -2.18. The first-order chi connectivity index (χ1) is 9.76. The van der Waals surface area contributed by atoms with Gasteiger partial charge < -0.3 is 5.32 Å². The van der Waals surface area contributed by atoms with Crippen molar-refractivity contribution in [3.8, 4) is 17.3 Å². The van der Waals surface area contributed by atoms with E-state index in [9.17, 15) is 4.79 Å². The first-order valence-corrected chi connectivity index (χ1v) is 6.38. The topological polar surface area (TPSA) is 78.7 Å². The Morgan fingerprint density at radius 3 is 3.05 bits per heavy atom. The molecule has 1 aromatic heterocycles. The Morgan fingerprint density at radius 2 is 2.20 bits per heavy atom. The van der Waals surface area contributed by atoms with Crippen molar-refractivity contribution in [2.24, 2.45) is 0 Å². The number of hydrogen-bond donors (Lipinski definition) is 1. The summed E-state index contributed by atoms with van der Waals surface area (Å²) in [7, 11) is 0. The average molecular weight is 264 g/mol. The SMILES string of the molecule is N#CCc1nccc(-c2ccc3c(c2)CCC(=O)N3)n1. The number of hydrogen-bond acceptors (Lipinski definition) is 4. The number of nitriles is 1. The van der Waals surface area contributed by atoms with Crippen molar-refractivity contribution in [2.75, 3.05) is 5.32 Å². The minimum atomic E-state index is 0.0589. The van der Waals surface area contributed by atoms with E-state index in [2.05, 4.69) is 15.3 Å². The zero-order valence-corrected chi connectivity index (χ0v) is 10.8. The molecular formula is C15H12N4O. The quantitative estimate of drug-likeness (QED) is 0.900. The molecule has 0 spiro atoms. The number of nitrogens with zero attached hydrogens (tertiary/aromatic N) is 3. The summed E-state index contributed by atoms with van der Waals surface area (Å²) in [6.07, 6.45) is 3.12. The summed E-state index contributed by atoms with van der Waals surface area (Å²) in [6.45, 7) is 0. The highest BCUT2D eigenvalue weighted by atomic mass is 16.1. The fraction of sp³-hybridized carbons (Fsp3) is 0.200. The molecule has 0 saturated heterocycles. The van der Waals surface area contributed by atoms with Gasteiger partial charge in [0.25, 0.3) is 0 Å². The largest absolute Gasteiger partial charge is 0.326 e. The Hall–Kier alpha value is -2.74. The number of carbonyl (C=O) groups is 1. The maximum Gasteiger partial charge on any atom is 0.224 e. The highest BCUT2D eigenvalue weighted by molar-refractivity contribution is 5.94. The normalized spacial score (nSPS) is 13.2. The summed E-state index contributed by atoms with van der Waals surface area (Å²) in [6, 6.07) is 9.72. The van der Waals surface area contributed by atoms with Gasteiger partial charge in [-0.2, -0.15) is 5.26 Å². The van der Waals surface area contributed by atoms with Crippen molar-refractivity contribution >= 4 is 11.6 Å². The molecule has 0 radical (unpaired) electrons. The van der Waals surface area contributed by atoms with E-state index in [1.54, 1.807) is 6.20 Å². The summed E-state index contributed by atoms with van der Waals surface area (Å²) >= 11 is 0. The van der Waals surface area contributed by atoms with Gasteiger partial charge in [0.05, 0.1) is 18.2 Å². The van der Waals surface area contributed by atoms with E-state index in [4.69, 9.17) is 5.26 Å². The molecule has 1 N–H and O–H groups in total. The monoisotopic (exact) mass is 264 g/mol. The van der Waals surface area contributed by atoms with E-state index in [1.807, 2.05) is 30.3 Å². The molecule has 3 rings (SSSR count). The maximum absolute atomic E-state index is 11.3. The van der Waals surface area contributed by atoms with Gasteiger partial charge in [-0.15, -0.1) is 0 Å². The number of fused-ring (bicyclic) bond motifs is 1. The number of carbonyl (C=O) groups excluding carboxylic acids is 1. The predicted molar refractivity (Wildman–Crippen MR) is 73.7 cm³/mol. The second-order valence-electron chi connectivity index (χ2n) is 4.61. The summed E-state index contributed by atoms with van der Waals surface area (Å²) in [5.74, 6) is 0.583. The summed E-state index contributed by atoms with van der Waals surface area (Å²) in [5, 5.41) is 11.5. The van der Waals surface area contributed by atoms with Crippen LogP contribution in [0, 0.1) is 11.3 Å². The van der Waals surface area contributed by atoms with Crippen molar-refractivity contribution in [3.63, 3.8) is 0 Å². The summed E-state index contributed by atoms with van der Waals surface area (Å²) < 4.78 is 0. The number of amides is 1. The Labute approximate surface area is 116 Å². The number of anilines is 1. The molecule has 0 saturated carbocycles. The minimum absolute atomic E-state index is 0.0589. The van der Waals surface area contributed by atoms with Gasteiger partial charge in [0, 0.05) is 23.9 Å². The van der Waals surface area contributed by atoms with Crippen molar-refractivity contribution in [1.82, 2.24) is 9.97 Å². The van der Waals surface area contributed by atoms with Crippen LogP contribution in [0.4, 0.5) is 5.69 Å². The molecule has 2 heterocycles. The van der Waals surface area contributed by atoms with Gasteiger partial charge >= 0.3 is 0 Å². The second kappa shape index (κ2) is 5.10. The molecule has 20 heavy (non-hydrogen) atoms. The van der Waals surface area contributed by atoms with Crippen LogP contribution in [0.2, 0.25) is 0 Å². The molecule has 0 bridgehead atoms. The van der Waals surface area contributed by atoms with Gasteiger partial charge in [0.15, 0.2) is 0 Å². The molecule has 0 fully saturated rings. The van der Waals surface area contributed by atoms with Crippen LogP contribution in [-0.4, -0.2) is 15.9 Å². The van der Waals surface area contributed by atoms with Crippen LogP contribution >= 0.6 is 0 Å². The van der Waals surface area contributed by atoms with Gasteiger partial charge in [-0.05, 0) is 30.2 Å². The zero-order valence-electron chi connectivity index (χ0n) is 10.8. The molecule has 5 nitrogen and oxygen atoms in total. The fourth-order valence-corrected chi connectivity index (χ4v) is 2.26. The second-order valence-corrected chi connectivity index (χ2v) is 4.61. The van der Waals surface area contributed by atoms with Crippen LogP contribution in [0.15, 0.2) is 30.5 Å². The number of benzene rings is 1. The minimum Gasteiger partial charge on any atom is -0.326 e. The number of nitrogens with one attached hydrogen (secondary N) is 1. The first kappa shape index (κ1) is 12.3.